The van der Waals surface area contributed by atoms with Gasteiger partial charge in [-0.25, -0.2) is 0 Å². The number of hydrogen-bond acceptors (Lipinski definition) is 2. The maximum Gasteiger partial charge on any atom is 0.0374 e. The van der Waals surface area contributed by atoms with Crippen molar-refractivity contribution in [1.29, 1.82) is 0 Å². The van der Waals surface area contributed by atoms with Gasteiger partial charge in [-0.2, -0.15) is 0 Å². The molecule has 0 aliphatic carbocycles. The zero-order valence-corrected chi connectivity index (χ0v) is 10.1. The number of hydrogen-bond donors (Lipinski definition) is 1. The summed E-state index contributed by atoms with van der Waals surface area (Å²) in [5.74, 6) is 0. The third-order valence-electron chi connectivity index (χ3n) is 2.78. The van der Waals surface area contributed by atoms with E-state index in [1.165, 1.54) is 11.3 Å². The third-order valence-corrected chi connectivity index (χ3v) is 3.27. The Bertz CT molecular complexity index is 336. The quantitative estimate of drug-likeness (QED) is 0.828. The molecule has 0 amide bonds. The fourth-order valence-electron chi connectivity index (χ4n) is 1.82. The van der Waals surface area contributed by atoms with Crippen molar-refractivity contribution in [2.75, 3.05) is 26.0 Å². The number of nitrogens with zero attached hydrogens (tertiary/aromatic N) is 1. The van der Waals surface area contributed by atoms with E-state index >= 15 is 0 Å². The average Bonchev–Trinajstić information content (AvgIpc) is 2.16. The summed E-state index contributed by atoms with van der Waals surface area (Å²) in [6, 6.07) is 7.04. The largest absolute Gasteiger partial charge is 0.383 e. The molecule has 3 heteroatoms. The van der Waals surface area contributed by atoms with Gasteiger partial charge >= 0.3 is 0 Å². The maximum atomic E-state index is 3.51. The maximum absolute atomic E-state index is 3.51. The Balaban J connectivity index is 2.24. The fourth-order valence-corrected chi connectivity index (χ4v) is 2.23. The number of fused-ring (bicyclic) bond motifs is 1. The van der Waals surface area contributed by atoms with Crippen molar-refractivity contribution in [3.63, 3.8) is 0 Å². The Hall–Kier alpha value is -0.540. The van der Waals surface area contributed by atoms with Gasteiger partial charge in [-0.15, -0.1) is 0 Å². The van der Waals surface area contributed by atoms with Gasteiger partial charge < -0.3 is 10.2 Å². The monoisotopic (exact) mass is 254 g/mol. The number of rotatable bonds is 1. The molecule has 0 aromatic heterocycles. The van der Waals surface area contributed by atoms with Crippen LogP contribution in [0.25, 0.3) is 0 Å². The lowest BCUT2D eigenvalue weighted by atomic mass is 9.99. The van der Waals surface area contributed by atoms with Crippen LogP contribution in [0.4, 0.5) is 5.69 Å². The molecule has 1 aliphatic rings. The van der Waals surface area contributed by atoms with Gasteiger partial charge in [-0.05, 0) is 44.3 Å². The first-order valence-corrected chi connectivity index (χ1v) is 5.65. The minimum Gasteiger partial charge on any atom is -0.383 e. The SMILES string of the molecule is CN(C)C1CNc2ccc(Br)cc2C1. The van der Waals surface area contributed by atoms with Gasteiger partial charge in [0.25, 0.3) is 0 Å². The van der Waals surface area contributed by atoms with E-state index in [1.54, 1.807) is 0 Å². The molecular formula is C11H15BrN2. The standard InChI is InChI=1S/C11H15BrN2/c1-14(2)10-6-8-5-9(12)3-4-11(8)13-7-10/h3-5,10,13H,6-7H2,1-2H3. The molecule has 0 saturated heterocycles. The topological polar surface area (TPSA) is 15.3 Å². The van der Waals surface area contributed by atoms with Crippen LogP contribution in [0.1, 0.15) is 5.56 Å². The van der Waals surface area contributed by atoms with Crippen molar-refractivity contribution >= 4 is 21.6 Å². The molecule has 2 rings (SSSR count). The summed E-state index contributed by atoms with van der Waals surface area (Å²) in [7, 11) is 4.27. The highest BCUT2D eigenvalue weighted by atomic mass is 79.9. The predicted octanol–water partition coefficient (Wildman–Crippen LogP) is 2.35. The van der Waals surface area contributed by atoms with Gasteiger partial charge in [0.15, 0.2) is 0 Å². The van der Waals surface area contributed by atoms with E-state index < -0.39 is 0 Å². The van der Waals surface area contributed by atoms with Crippen LogP contribution >= 0.6 is 15.9 Å². The van der Waals surface area contributed by atoms with Crippen LogP contribution in [0.2, 0.25) is 0 Å². The molecule has 1 atom stereocenters. The first-order chi connectivity index (χ1) is 6.66. The van der Waals surface area contributed by atoms with E-state index in [0.29, 0.717) is 6.04 Å². The van der Waals surface area contributed by atoms with Gasteiger partial charge in [0.2, 0.25) is 0 Å². The van der Waals surface area contributed by atoms with Crippen LogP contribution < -0.4 is 5.32 Å². The Morgan fingerprint density at radius 2 is 2.21 bits per heavy atom. The Kier molecular flexibility index (Phi) is 2.79. The molecule has 1 aromatic carbocycles. The Morgan fingerprint density at radius 3 is 2.93 bits per heavy atom. The molecule has 2 nitrogen and oxygen atoms in total. The second kappa shape index (κ2) is 3.91. The highest BCUT2D eigenvalue weighted by Gasteiger charge is 2.19. The van der Waals surface area contributed by atoms with Crippen molar-refractivity contribution in [3.8, 4) is 0 Å². The number of nitrogens with one attached hydrogen (secondary N) is 1. The number of likely N-dealkylation sites (N-methyl/N-ethyl adjacent to an activating group) is 1. The highest BCUT2D eigenvalue weighted by molar-refractivity contribution is 9.10. The molecule has 1 heterocycles. The molecule has 1 unspecified atom stereocenters. The molecule has 0 saturated carbocycles. The van der Waals surface area contributed by atoms with E-state index in [0.717, 1.165) is 17.4 Å². The molecule has 1 aromatic rings. The first-order valence-electron chi connectivity index (χ1n) is 4.85. The smallest absolute Gasteiger partial charge is 0.0374 e. The third kappa shape index (κ3) is 1.93. The molecule has 1 N–H and O–H groups in total. The molecule has 14 heavy (non-hydrogen) atoms. The minimum atomic E-state index is 0.608. The zero-order chi connectivity index (χ0) is 10.1. The van der Waals surface area contributed by atoms with Gasteiger partial charge in [-0.1, -0.05) is 15.9 Å². The second-order valence-electron chi connectivity index (χ2n) is 4.00. The second-order valence-corrected chi connectivity index (χ2v) is 4.92. The summed E-state index contributed by atoms with van der Waals surface area (Å²) in [4.78, 5) is 2.27. The van der Waals surface area contributed by atoms with Crippen molar-refractivity contribution in [2.24, 2.45) is 0 Å². The van der Waals surface area contributed by atoms with E-state index in [4.69, 9.17) is 0 Å². The summed E-state index contributed by atoms with van der Waals surface area (Å²) in [6.07, 6.45) is 1.13. The molecule has 0 radical (unpaired) electrons. The molecule has 0 bridgehead atoms. The van der Waals surface area contributed by atoms with E-state index in [1.807, 2.05) is 0 Å². The summed E-state index contributed by atoms with van der Waals surface area (Å²) in [5.41, 5.74) is 2.69. The van der Waals surface area contributed by atoms with Gasteiger partial charge in [0.05, 0.1) is 0 Å². The number of benzene rings is 1. The van der Waals surface area contributed by atoms with Crippen LogP contribution in [0.15, 0.2) is 22.7 Å². The van der Waals surface area contributed by atoms with Crippen LogP contribution in [-0.2, 0) is 6.42 Å². The molecule has 76 valence electrons. The average molecular weight is 255 g/mol. The van der Waals surface area contributed by atoms with Crippen molar-refractivity contribution in [2.45, 2.75) is 12.5 Å². The Morgan fingerprint density at radius 1 is 1.43 bits per heavy atom. The van der Waals surface area contributed by atoms with E-state index in [9.17, 15) is 0 Å². The predicted molar refractivity (Wildman–Crippen MR) is 63.8 cm³/mol. The minimum absolute atomic E-state index is 0.608. The van der Waals surface area contributed by atoms with Crippen LogP contribution in [0.5, 0.6) is 0 Å². The summed E-state index contributed by atoms with van der Waals surface area (Å²) in [6.45, 7) is 1.04. The van der Waals surface area contributed by atoms with Crippen LogP contribution in [-0.4, -0.2) is 31.6 Å². The molecular weight excluding hydrogens is 240 g/mol. The van der Waals surface area contributed by atoms with Gasteiger partial charge in [0, 0.05) is 22.7 Å². The van der Waals surface area contributed by atoms with E-state index in [-0.39, 0.29) is 0 Å². The highest BCUT2D eigenvalue weighted by Crippen LogP contribution is 2.26. The number of anilines is 1. The van der Waals surface area contributed by atoms with E-state index in [2.05, 4.69) is 58.4 Å². The number of halogens is 1. The van der Waals surface area contributed by atoms with Crippen LogP contribution in [0, 0.1) is 0 Å². The molecule has 1 aliphatic heterocycles. The molecule has 0 fully saturated rings. The van der Waals surface area contributed by atoms with Crippen molar-refractivity contribution < 1.29 is 0 Å². The normalized spacial score (nSPS) is 20.4. The lowest BCUT2D eigenvalue weighted by Crippen LogP contribution is -2.39. The summed E-state index contributed by atoms with van der Waals surface area (Å²) in [5, 5.41) is 3.46. The fraction of sp³-hybridized carbons (Fsp3) is 0.455. The lowest BCUT2D eigenvalue weighted by molar-refractivity contribution is 0.299. The zero-order valence-electron chi connectivity index (χ0n) is 8.55. The van der Waals surface area contributed by atoms with Crippen molar-refractivity contribution in [3.05, 3.63) is 28.2 Å². The van der Waals surface area contributed by atoms with Crippen molar-refractivity contribution in [1.82, 2.24) is 4.90 Å². The Labute approximate surface area is 93.4 Å². The lowest BCUT2D eigenvalue weighted by Gasteiger charge is -2.30. The first kappa shape index (κ1) is 9.99. The van der Waals surface area contributed by atoms with Gasteiger partial charge in [0.1, 0.15) is 0 Å². The molecule has 0 spiro atoms. The van der Waals surface area contributed by atoms with Gasteiger partial charge in [-0.3, -0.25) is 0 Å². The summed E-state index contributed by atoms with van der Waals surface area (Å²) < 4.78 is 1.16. The summed E-state index contributed by atoms with van der Waals surface area (Å²) >= 11 is 3.51. The van der Waals surface area contributed by atoms with Crippen LogP contribution in [0.3, 0.4) is 0 Å².